The second-order valence-corrected chi connectivity index (χ2v) is 5.18. The van der Waals surface area contributed by atoms with Crippen LogP contribution in [-0.4, -0.2) is 5.78 Å². The average Bonchev–Trinajstić information content (AvgIpc) is 2.34. The summed E-state index contributed by atoms with van der Waals surface area (Å²) in [7, 11) is 0. The van der Waals surface area contributed by atoms with Crippen molar-refractivity contribution in [3.63, 3.8) is 0 Å². The molecule has 0 spiro atoms. The fourth-order valence-electron chi connectivity index (χ4n) is 3.30. The summed E-state index contributed by atoms with van der Waals surface area (Å²) < 4.78 is 0. The molecule has 88 valence electrons. The van der Waals surface area contributed by atoms with Crippen molar-refractivity contribution in [2.75, 3.05) is 0 Å². The Morgan fingerprint density at radius 1 is 1.25 bits per heavy atom. The van der Waals surface area contributed by atoms with Gasteiger partial charge in [0.15, 0.2) is 0 Å². The molecule has 0 aliphatic heterocycles. The molecule has 1 unspecified atom stereocenters. The molecule has 1 heteroatoms. The van der Waals surface area contributed by atoms with Gasteiger partial charge in [-0.3, -0.25) is 4.79 Å². The van der Waals surface area contributed by atoms with E-state index < -0.39 is 0 Å². The van der Waals surface area contributed by atoms with Gasteiger partial charge in [0.05, 0.1) is 5.41 Å². The number of hydrogen-bond donors (Lipinski definition) is 0. The Labute approximate surface area is 98.6 Å². The first kappa shape index (κ1) is 11.6. The fourth-order valence-corrected chi connectivity index (χ4v) is 3.30. The molecule has 16 heavy (non-hydrogen) atoms. The van der Waals surface area contributed by atoms with Crippen molar-refractivity contribution in [2.24, 2.45) is 5.41 Å². The van der Waals surface area contributed by atoms with Crippen molar-refractivity contribution in [1.29, 1.82) is 0 Å². The van der Waals surface area contributed by atoms with Gasteiger partial charge in [-0.25, -0.2) is 0 Å². The third kappa shape index (κ3) is 2.00. The van der Waals surface area contributed by atoms with Crippen molar-refractivity contribution in [2.45, 2.75) is 57.8 Å². The lowest BCUT2D eigenvalue weighted by molar-refractivity contribution is -0.129. The molecule has 0 heterocycles. The first-order valence-corrected chi connectivity index (χ1v) is 6.63. The molecule has 0 amide bonds. The van der Waals surface area contributed by atoms with Gasteiger partial charge in [-0.15, -0.1) is 6.58 Å². The summed E-state index contributed by atoms with van der Waals surface area (Å²) in [5, 5.41) is 0. The topological polar surface area (TPSA) is 17.1 Å². The fraction of sp³-hybridized carbons (Fsp3) is 0.667. The molecule has 0 aromatic carbocycles. The quantitative estimate of drug-likeness (QED) is 0.649. The van der Waals surface area contributed by atoms with Crippen LogP contribution in [-0.2, 0) is 4.79 Å². The van der Waals surface area contributed by atoms with Gasteiger partial charge < -0.3 is 0 Å². The van der Waals surface area contributed by atoms with E-state index in [0.717, 1.165) is 32.1 Å². The Hall–Kier alpha value is -0.850. The minimum Gasteiger partial charge on any atom is -0.299 e. The van der Waals surface area contributed by atoms with Gasteiger partial charge >= 0.3 is 0 Å². The van der Waals surface area contributed by atoms with Gasteiger partial charge in [-0.05, 0) is 44.9 Å². The highest BCUT2D eigenvalue weighted by Crippen LogP contribution is 2.46. The maximum atomic E-state index is 12.3. The van der Waals surface area contributed by atoms with Gasteiger partial charge in [0.2, 0.25) is 0 Å². The average molecular weight is 218 g/mol. The predicted molar refractivity (Wildman–Crippen MR) is 67.3 cm³/mol. The second-order valence-electron chi connectivity index (χ2n) is 5.18. The summed E-state index contributed by atoms with van der Waals surface area (Å²) in [4.78, 5) is 12.3. The van der Waals surface area contributed by atoms with Crippen molar-refractivity contribution < 1.29 is 4.79 Å². The summed E-state index contributed by atoms with van der Waals surface area (Å²) in [5.41, 5.74) is 1.30. The highest BCUT2D eigenvalue weighted by Gasteiger charge is 2.41. The van der Waals surface area contributed by atoms with Crippen LogP contribution in [0, 0.1) is 5.41 Å². The molecular weight excluding hydrogens is 196 g/mol. The zero-order valence-corrected chi connectivity index (χ0v) is 10.1. The van der Waals surface area contributed by atoms with Crippen molar-refractivity contribution in [3.05, 3.63) is 24.3 Å². The smallest absolute Gasteiger partial charge is 0.143 e. The number of ketones is 1. The number of rotatable bonds is 3. The van der Waals surface area contributed by atoms with Crippen molar-refractivity contribution in [1.82, 2.24) is 0 Å². The highest BCUT2D eigenvalue weighted by atomic mass is 16.1. The molecule has 2 aliphatic carbocycles. The third-order valence-electron chi connectivity index (χ3n) is 4.19. The minimum atomic E-state index is -0.138. The summed E-state index contributed by atoms with van der Waals surface area (Å²) in [6.45, 7) is 3.85. The molecule has 0 aromatic heterocycles. The Balaban J connectivity index is 2.28. The predicted octanol–water partition coefficient (Wildman–Crippen LogP) is 4.19. The minimum absolute atomic E-state index is 0.138. The van der Waals surface area contributed by atoms with E-state index in [1.165, 1.54) is 31.3 Å². The zero-order chi connectivity index (χ0) is 11.4. The molecule has 1 fully saturated rings. The number of allylic oxidation sites excluding steroid dienone is 3. The summed E-state index contributed by atoms with van der Waals surface area (Å²) in [6.07, 6.45) is 14.1. The van der Waals surface area contributed by atoms with E-state index in [0.29, 0.717) is 5.78 Å². The largest absolute Gasteiger partial charge is 0.299 e. The van der Waals surface area contributed by atoms with Crippen LogP contribution in [0.15, 0.2) is 24.3 Å². The van der Waals surface area contributed by atoms with Crippen LogP contribution in [0.1, 0.15) is 57.8 Å². The van der Waals surface area contributed by atoms with Gasteiger partial charge in [0, 0.05) is 6.42 Å². The van der Waals surface area contributed by atoms with Crippen molar-refractivity contribution in [3.8, 4) is 0 Å². The van der Waals surface area contributed by atoms with E-state index >= 15 is 0 Å². The van der Waals surface area contributed by atoms with E-state index in [-0.39, 0.29) is 5.41 Å². The third-order valence-corrected chi connectivity index (χ3v) is 4.19. The number of carbonyl (C=O) groups excluding carboxylic acids is 1. The van der Waals surface area contributed by atoms with Crippen LogP contribution >= 0.6 is 0 Å². The number of carbonyl (C=O) groups is 1. The van der Waals surface area contributed by atoms with E-state index in [2.05, 4.69) is 12.7 Å². The molecule has 0 bridgehead atoms. The van der Waals surface area contributed by atoms with Crippen LogP contribution < -0.4 is 0 Å². The molecule has 1 atom stereocenters. The van der Waals surface area contributed by atoms with E-state index in [1.807, 2.05) is 6.08 Å². The zero-order valence-electron chi connectivity index (χ0n) is 10.1. The Bertz CT molecular complexity index is 313. The summed E-state index contributed by atoms with van der Waals surface area (Å²) >= 11 is 0. The molecule has 0 N–H and O–H groups in total. The molecule has 0 saturated heterocycles. The maximum absolute atomic E-state index is 12.3. The van der Waals surface area contributed by atoms with Crippen LogP contribution in [0.4, 0.5) is 0 Å². The highest BCUT2D eigenvalue weighted by molar-refractivity contribution is 5.88. The number of Topliss-reactive ketones (excluding diaryl/α,β-unsaturated/α-hetero) is 1. The standard InChI is InChI=1S/C15H22O/c1-2-11-15(12-7-6-10-14(15)16)13-8-4-3-5-9-13/h2,8H,1,3-7,9-12H2. The molecule has 1 nitrogen and oxygen atoms in total. The number of hydrogen-bond acceptors (Lipinski definition) is 1. The van der Waals surface area contributed by atoms with Crippen molar-refractivity contribution >= 4 is 5.78 Å². The second kappa shape index (κ2) is 4.99. The van der Waals surface area contributed by atoms with Crippen LogP contribution in [0.3, 0.4) is 0 Å². The van der Waals surface area contributed by atoms with Crippen LogP contribution in [0.5, 0.6) is 0 Å². The SMILES string of the molecule is C=CCC1(C2=CCCCC2)CCCCC1=O. The molecular formula is C15H22O. The lowest BCUT2D eigenvalue weighted by Gasteiger charge is -2.38. The van der Waals surface area contributed by atoms with E-state index in [4.69, 9.17) is 0 Å². The van der Waals surface area contributed by atoms with Gasteiger partial charge in [-0.2, -0.15) is 0 Å². The summed E-state index contributed by atoms with van der Waals surface area (Å²) in [6, 6.07) is 0. The van der Waals surface area contributed by atoms with Crippen LogP contribution in [0.25, 0.3) is 0 Å². The molecule has 2 rings (SSSR count). The molecule has 2 aliphatic rings. The first-order valence-electron chi connectivity index (χ1n) is 6.63. The van der Waals surface area contributed by atoms with Crippen LogP contribution in [0.2, 0.25) is 0 Å². The van der Waals surface area contributed by atoms with Gasteiger partial charge in [0.25, 0.3) is 0 Å². The molecule has 0 aromatic rings. The lowest BCUT2D eigenvalue weighted by atomic mass is 9.64. The molecule has 0 radical (unpaired) electrons. The Morgan fingerprint density at radius 3 is 2.69 bits per heavy atom. The normalized spacial score (nSPS) is 31.0. The van der Waals surface area contributed by atoms with E-state index in [1.54, 1.807) is 0 Å². The first-order chi connectivity index (χ1) is 7.79. The Kier molecular flexibility index (Phi) is 3.63. The van der Waals surface area contributed by atoms with E-state index in [9.17, 15) is 4.79 Å². The lowest BCUT2D eigenvalue weighted by Crippen LogP contribution is -2.36. The Morgan fingerprint density at radius 2 is 2.06 bits per heavy atom. The van der Waals surface area contributed by atoms with Gasteiger partial charge in [-0.1, -0.05) is 24.1 Å². The van der Waals surface area contributed by atoms with Gasteiger partial charge in [0.1, 0.15) is 5.78 Å². The summed E-state index contributed by atoms with van der Waals surface area (Å²) in [5.74, 6) is 0.479. The monoisotopic (exact) mass is 218 g/mol. The maximum Gasteiger partial charge on any atom is 0.143 e. The molecule has 1 saturated carbocycles.